The molecule has 66 valence electrons. The number of rotatable bonds is 2. The quantitative estimate of drug-likeness (QED) is 0.819. The molecule has 0 unspecified atom stereocenters. The minimum atomic E-state index is -0.127. The van der Waals surface area contributed by atoms with Crippen LogP contribution in [0.5, 0.6) is 5.75 Å². The Morgan fingerprint density at radius 2 is 1.92 bits per heavy atom. The van der Waals surface area contributed by atoms with E-state index in [0.29, 0.717) is 5.56 Å². The highest BCUT2D eigenvalue weighted by molar-refractivity contribution is 9.10. The van der Waals surface area contributed by atoms with E-state index in [-0.39, 0.29) is 12.4 Å². The molecule has 0 heterocycles. The van der Waals surface area contributed by atoms with Gasteiger partial charge in [-0.2, -0.15) is 0 Å². The standard InChI is InChI=1S/C9H11BrO2/c1-2-6-3-8(10)4-7(5-11)9(6)12/h3-4,11-12H,2,5H2,1H3. The number of aryl methyl sites for hydroxylation is 1. The van der Waals surface area contributed by atoms with Crippen LogP contribution in [0.25, 0.3) is 0 Å². The van der Waals surface area contributed by atoms with Crippen LogP contribution in [-0.2, 0) is 13.0 Å². The average molecular weight is 231 g/mol. The molecule has 0 spiro atoms. The van der Waals surface area contributed by atoms with E-state index in [0.717, 1.165) is 16.5 Å². The summed E-state index contributed by atoms with van der Waals surface area (Å²) < 4.78 is 0.890. The minimum absolute atomic E-state index is 0.127. The summed E-state index contributed by atoms with van der Waals surface area (Å²) in [6.07, 6.45) is 0.762. The lowest BCUT2D eigenvalue weighted by atomic mass is 10.1. The highest BCUT2D eigenvalue weighted by atomic mass is 79.9. The maximum atomic E-state index is 9.53. The Balaban J connectivity index is 3.22. The van der Waals surface area contributed by atoms with E-state index in [9.17, 15) is 5.11 Å². The van der Waals surface area contributed by atoms with Crippen molar-refractivity contribution in [1.29, 1.82) is 0 Å². The molecule has 1 aromatic rings. The maximum absolute atomic E-state index is 9.53. The first-order chi connectivity index (χ1) is 5.69. The van der Waals surface area contributed by atoms with Gasteiger partial charge in [-0.1, -0.05) is 22.9 Å². The molecule has 12 heavy (non-hydrogen) atoms. The van der Waals surface area contributed by atoms with Gasteiger partial charge >= 0.3 is 0 Å². The molecular weight excluding hydrogens is 220 g/mol. The molecule has 0 fully saturated rings. The van der Waals surface area contributed by atoms with Crippen molar-refractivity contribution in [3.8, 4) is 5.75 Å². The second-order valence-corrected chi connectivity index (χ2v) is 3.50. The van der Waals surface area contributed by atoms with Crippen molar-refractivity contribution in [2.75, 3.05) is 0 Å². The summed E-state index contributed by atoms with van der Waals surface area (Å²) in [7, 11) is 0. The first kappa shape index (κ1) is 9.55. The van der Waals surface area contributed by atoms with Gasteiger partial charge in [0, 0.05) is 10.0 Å². The third kappa shape index (κ3) is 1.79. The molecule has 3 heteroatoms. The summed E-state index contributed by atoms with van der Waals surface area (Å²) in [5.74, 6) is 0.211. The van der Waals surface area contributed by atoms with E-state index < -0.39 is 0 Å². The van der Waals surface area contributed by atoms with Crippen molar-refractivity contribution in [3.63, 3.8) is 0 Å². The molecule has 1 aromatic carbocycles. The molecule has 0 aliphatic heterocycles. The molecule has 0 saturated carbocycles. The van der Waals surface area contributed by atoms with Crippen LogP contribution in [-0.4, -0.2) is 10.2 Å². The van der Waals surface area contributed by atoms with Gasteiger partial charge in [0.2, 0.25) is 0 Å². The number of hydrogen-bond donors (Lipinski definition) is 2. The van der Waals surface area contributed by atoms with Crippen molar-refractivity contribution in [1.82, 2.24) is 0 Å². The summed E-state index contributed by atoms with van der Waals surface area (Å²) >= 11 is 3.31. The lowest BCUT2D eigenvalue weighted by Crippen LogP contribution is -1.90. The van der Waals surface area contributed by atoms with Crippen molar-refractivity contribution in [3.05, 3.63) is 27.7 Å². The predicted octanol–water partition coefficient (Wildman–Crippen LogP) is 2.21. The second-order valence-electron chi connectivity index (χ2n) is 2.58. The molecule has 0 saturated heterocycles. The summed E-state index contributed by atoms with van der Waals surface area (Å²) in [5, 5.41) is 18.4. The number of phenols is 1. The van der Waals surface area contributed by atoms with Crippen molar-refractivity contribution >= 4 is 15.9 Å². The number of hydrogen-bond acceptors (Lipinski definition) is 2. The first-order valence-corrected chi connectivity index (χ1v) is 4.59. The molecule has 0 radical (unpaired) electrons. The molecule has 0 atom stereocenters. The SMILES string of the molecule is CCc1cc(Br)cc(CO)c1O. The van der Waals surface area contributed by atoms with Crippen LogP contribution in [0, 0.1) is 0 Å². The summed E-state index contributed by atoms with van der Waals surface area (Å²) in [6.45, 7) is 1.83. The zero-order valence-corrected chi connectivity index (χ0v) is 8.43. The van der Waals surface area contributed by atoms with Crippen LogP contribution in [0.1, 0.15) is 18.1 Å². The van der Waals surface area contributed by atoms with Crippen molar-refractivity contribution < 1.29 is 10.2 Å². The topological polar surface area (TPSA) is 40.5 Å². The number of benzene rings is 1. The van der Waals surface area contributed by atoms with Gasteiger partial charge in [-0.3, -0.25) is 0 Å². The van der Waals surface area contributed by atoms with Crippen LogP contribution in [0.4, 0.5) is 0 Å². The lowest BCUT2D eigenvalue weighted by Gasteiger charge is -2.06. The van der Waals surface area contributed by atoms with Gasteiger partial charge < -0.3 is 10.2 Å². The van der Waals surface area contributed by atoms with E-state index >= 15 is 0 Å². The number of aliphatic hydroxyl groups is 1. The van der Waals surface area contributed by atoms with Gasteiger partial charge in [0.1, 0.15) is 5.75 Å². The van der Waals surface area contributed by atoms with E-state index in [2.05, 4.69) is 15.9 Å². The fourth-order valence-electron chi connectivity index (χ4n) is 1.11. The summed E-state index contributed by atoms with van der Waals surface area (Å²) in [4.78, 5) is 0. The van der Waals surface area contributed by atoms with Crippen LogP contribution in [0.15, 0.2) is 16.6 Å². The van der Waals surface area contributed by atoms with E-state index in [1.807, 2.05) is 13.0 Å². The Labute approximate surface area is 80.0 Å². The largest absolute Gasteiger partial charge is 0.507 e. The van der Waals surface area contributed by atoms with Crippen molar-refractivity contribution in [2.45, 2.75) is 20.0 Å². The van der Waals surface area contributed by atoms with E-state index in [4.69, 9.17) is 5.11 Å². The summed E-state index contributed by atoms with van der Waals surface area (Å²) in [6, 6.07) is 3.57. The fraction of sp³-hybridized carbons (Fsp3) is 0.333. The minimum Gasteiger partial charge on any atom is -0.507 e. The molecular formula is C9H11BrO2. The Morgan fingerprint density at radius 1 is 1.33 bits per heavy atom. The van der Waals surface area contributed by atoms with Gasteiger partial charge in [-0.05, 0) is 24.1 Å². The number of halogens is 1. The lowest BCUT2D eigenvalue weighted by molar-refractivity contribution is 0.275. The van der Waals surface area contributed by atoms with Gasteiger partial charge in [0.25, 0.3) is 0 Å². The highest BCUT2D eigenvalue weighted by Crippen LogP contribution is 2.27. The van der Waals surface area contributed by atoms with Crippen LogP contribution in [0.2, 0.25) is 0 Å². The maximum Gasteiger partial charge on any atom is 0.124 e. The number of aromatic hydroxyl groups is 1. The van der Waals surface area contributed by atoms with Gasteiger partial charge in [0.15, 0.2) is 0 Å². The fourth-order valence-corrected chi connectivity index (χ4v) is 1.66. The van der Waals surface area contributed by atoms with Gasteiger partial charge in [-0.15, -0.1) is 0 Å². The monoisotopic (exact) mass is 230 g/mol. The molecule has 0 aromatic heterocycles. The van der Waals surface area contributed by atoms with E-state index in [1.165, 1.54) is 0 Å². The first-order valence-electron chi connectivity index (χ1n) is 3.80. The third-order valence-electron chi connectivity index (χ3n) is 1.78. The molecule has 0 aliphatic carbocycles. The Morgan fingerprint density at radius 3 is 2.42 bits per heavy atom. The zero-order valence-electron chi connectivity index (χ0n) is 6.84. The Bertz CT molecular complexity index is 259. The normalized spacial score (nSPS) is 10.2. The molecule has 0 bridgehead atoms. The van der Waals surface area contributed by atoms with E-state index in [1.54, 1.807) is 6.07 Å². The molecule has 0 amide bonds. The van der Waals surface area contributed by atoms with Gasteiger partial charge in [0.05, 0.1) is 6.61 Å². The predicted molar refractivity (Wildman–Crippen MR) is 51.1 cm³/mol. The average Bonchev–Trinajstić information content (AvgIpc) is 2.08. The van der Waals surface area contributed by atoms with Crippen LogP contribution in [0.3, 0.4) is 0 Å². The zero-order chi connectivity index (χ0) is 9.14. The molecule has 0 aliphatic rings. The van der Waals surface area contributed by atoms with Crippen molar-refractivity contribution in [2.24, 2.45) is 0 Å². The second kappa shape index (κ2) is 3.92. The van der Waals surface area contributed by atoms with Crippen LogP contribution >= 0.6 is 15.9 Å². The van der Waals surface area contributed by atoms with Crippen LogP contribution < -0.4 is 0 Å². The third-order valence-corrected chi connectivity index (χ3v) is 2.24. The molecule has 1 rings (SSSR count). The molecule has 2 N–H and O–H groups in total. The Hall–Kier alpha value is -0.540. The molecule has 2 nitrogen and oxygen atoms in total. The van der Waals surface area contributed by atoms with Gasteiger partial charge in [-0.25, -0.2) is 0 Å². The summed E-state index contributed by atoms with van der Waals surface area (Å²) in [5.41, 5.74) is 1.43. The Kier molecular flexibility index (Phi) is 3.12. The number of aliphatic hydroxyl groups excluding tert-OH is 1. The smallest absolute Gasteiger partial charge is 0.124 e. The highest BCUT2D eigenvalue weighted by Gasteiger charge is 2.06.